The van der Waals surface area contributed by atoms with Gasteiger partial charge in [0.1, 0.15) is 0 Å². The van der Waals surface area contributed by atoms with E-state index in [2.05, 4.69) is 10.0 Å². The van der Waals surface area contributed by atoms with Crippen LogP contribution in [-0.2, 0) is 9.53 Å². The van der Waals surface area contributed by atoms with Crippen molar-refractivity contribution in [1.29, 1.82) is 0 Å². The summed E-state index contributed by atoms with van der Waals surface area (Å²) in [6.45, 7) is 1.89. The van der Waals surface area contributed by atoms with Crippen molar-refractivity contribution in [2.75, 3.05) is 6.61 Å². The van der Waals surface area contributed by atoms with Gasteiger partial charge in [-0.2, -0.15) is 0 Å². The van der Waals surface area contributed by atoms with Crippen LogP contribution in [0.1, 0.15) is 13.3 Å². The molecule has 0 radical (unpaired) electrons. The number of azide groups is 1. The standard InChI is InChI=1S/C9H13N3O4/c1-2-16-9(15)5-3-6(11-12-10)8(14)7(13)4-5/h4,6-8,13-14H,2-3H2,1H3. The van der Waals surface area contributed by atoms with E-state index in [-0.39, 0.29) is 18.6 Å². The van der Waals surface area contributed by atoms with Gasteiger partial charge >= 0.3 is 5.97 Å². The summed E-state index contributed by atoms with van der Waals surface area (Å²) in [5.41, 5.74) is 8.50. The molecule has 1 aliphatic rings. The van der Waals surface area contributed by atoms with Gasteiger partial charge in [-0.15, -0.1) is 0 Å². The molecule has 1 rings (SSSR count). The molecule has 3 unspecified atom stereocenters. The lowest BCUT2D eigenvalue weighted by atomic mass is 9.91. The van der Waals surface area contributed by atoms with E-state index in [0.717, 1.165) is 0 Å². The van der Waals surface area contributed by atoms with Crippen molar-refractivity contribution in [3.05, 3.63) is 22.1 Å². The zero-order valence-corrected chi connectivity index (χ0v) is 8.78. The van der Waals surface area contributed by atoms with Crippen LogP contribution in [0, 0.1) is 0 Å². The maximum absolute atomic E-state index is 11.4. The van der Waals surface area contributed by atoms with E-state index in [1.54, 1.807) is 6.92 Å². The maximum atomic E-state index is 11.4. The molecule has 0 bridgehead atoms. The molecule has 0 aromatic carbocycles. The fourth-order valence-corrected chi connectivity index (χ4v) is 1.50. The van der Waals surface area contributed by atoms with Gasteiger partial charge in [-0.25, -0.2) is 4.79 Å². The number of carbonyl (C=O) groups excluding carboxylic acids is 1. The predicted molar refractivity (Wildman–Crippen MR) is 54.3 cm³/mol. The molecule has 7 heteroatoms. The smallest absolute Gasteiger partial charge is 0.333 e. The van der Waals surface area contributed by atoms with Crippen LogP contribution >= 0.6 is 0 Å². The molecule has 1 aliphatic carbocycles. The quantitative estimate of drug-likeness (QED) is 0.311. The molecule has 0 fully saturated rings. The van der Waals surface area contributed by atoms with Crippen LogP contribution in [0.3, 0.4) is 0 Å². The van der Waals surface area contributed by atoms with Crippen molar-refractivity contribution in [2.45, 2.75) is 31.6 Å². The second-order valence-corrected chi connectivity index (χ2v) is 3.37. The number of aliphatic hydroxyl groups is 2. The van der Waals surface area contributed by atoms with Gasteiger partial charge in [-0.05, 0) is 25.0 Å². The van der Waals surface area contributed by atoms with E-state index in [9.17, 15) is 15.0 Å². The molecule has 88 valence electrons. The van der Waals surface area contributed by atoms with Crippen LogP contribution in [0.2, 0.25) is 0 Å². The molecule has 16 heavy (non-hydrogen) atoms. The van der Waals surface area contributed by atoms with Gasteiger partial charge in [0.05, 0.1) is 24.9 Å². The number of esters is 1. The third kappa shape index (κ3) is 2.73. The van der Waals surface area contributed by atoms with Gasteiger partial charge in [0.15, 0.2) is 0 Å². The summed E-state index contributed by atoms with van der Waals surface area (Å²) in [6, 6.07) is -0.843. The molecule has 0 aromatic heterocycles. The van der Waals surface area contributed by atoms with E-state index < -0.39 is 24.2 Å². The van der Waals surface area contributed by atoms with Crippen molar-refractivity contribution in [1.82, 2.24) is 0 Å². The Morgan fingerprint density at radius 3 is 3.00 bits per heavy atom. The van der Waals surface area contributed by atoms with Gasteiger partial charge in [0.2, 0.25) is 0 Å². The molecule has 2 N–H and O–H groups in total. The molecular weight excluding hydrogens is 214 g/mol. The molecule has 0 amide bonds. The molecule has 7 nitrogen and oxygen atoms in total. The first kappa shape index (κ1) is 12.5. The summed E-state index contributed by atoms with van der Waals surface area (Å²) in [4.78, 5) is 13.9. The third-order valence-electron chi connectivity index (χ3n) is 2.28. The average molecular weight is 227 g/mol. The number of hydrogen-bond acceptors (Lipinski definition) is 5. The van der Waals surface area contributed by atoms with Gasteiger partial charge in [-0.3, -0.25) is 0 Å². The molecule has 0 aromatic rings. The van der Waals surface area contributed by atoms with E-state index in [0.29, 0.717) is 0 Å². The SMILES string of the molecule is CCOC(=O)C1=CC(O)C(O)C(N=[N+]=[N-])C1. The summed E-state index contributed by atoms with van der Waals surface area (Å²) in [5, 5.41) is 22.3. The molecule has 0 aliphatic heterocycles. The number of ether oxygens (including phenoxy) is 1. The molecule has 0 saturated carbocycles. The topological polar surface area (TPSA) is 116 Å². The monoisotopic (exact) mass is 227 g/mol. The summed E-state index contributed by atoms with van der Waals surface area (Å²) in [7, 11) is 0. The summed E-state index contributed by atoms with van der Waals surface area (Å²) >= 11 is 0. The van der Waals surface area contributed by atoms with E-state index in [4.69, 9.17) is 10.3 Å². The number of rotatable bonds is 3. The highest BCUT2D eigenvalue weighted by Gasteiger charge is 2.32. The van der Waals surface area contributed by atoms with Crippen LogP contribution < -0.4 is 0 Å². The largest absolute Gasteiger partial charge is 0.463 e. The highest BCUT2D eigenvalue weighted by atomic mass is 16.5. The number of aliphatic hydroxyl groups excluding tert-OH is 2. The number of carbonyl (C=O) groups is 1. The second kappa shape index (κ2) is 5.50. The summed E-state index contributed by atoms with van der Waals surface area (Å²) in [6.07, 6.45) is -1.11. The minimum absolute atomic E-state index is 0.0706. The van der Waals surface area contributed by atoms with Crippen molar-refractivity contribution in [3.63, 3.8) is 0 Å². The van der Waals surface area contributed by atoms with Gasteiger partial charge in [0, 0.05) is 10.5 Å². The first-order valence-electron chi connectivity index (χ1n) is 4.88. The van der Waals surface area contributed by atoms with Gasteiger partial charge < -0.3 is 14.9 Å². The fraction of sp³-hybridized carbons (Fsp3) is 0.667. The minimum atomic E-state index is -1.22. The lowest BCUT2D eigenvalue weighted by molar-refractivity contribution is -0.139. The maximum Gasteiger partial charge on any atom is 0.333 e. The van der Waals surface area contributed by atoms with Crippen molar-refractivity contribution >= 4 is 5.97 Å². The van der Waals surface area contributed by atoms with Crippen LogP contribution in [-0.4, -0.2) is 41.0 Å². The van der Waals surface area contributed by atoms with Crippen molar-refractivity contribution in [3.8, 4) is 0 Å². The lowest BCUT2D eigenvalue weighted by Gasteiger charge is -2.27. The Kier molecular flexibility index (Phi) is 4.30. The Hall–Kier alpha value is -1.56. The lowest BCUT2D eigenvalue weighted by Crippen LogP contribution is -2.39. The van der Waals surface area contributed by atoms with Gasteiger partial charge in [0.25, 0.3) is 0 Å². The van der Waals surface area contributed by atoms with E-state index in [1.165, 1.54) is 6.08 Å². The normalized spacial score (nSPS) is 28.9. The highest BCUT2D eigenvalue weighted by Crippen LogP contribution is 2.23. The molecule has 0 saturated heterocycles. The first-order valence-corrected chi connectivity index (χ1v) is 4.88. The van der Waals surface area contributed by atoms with Crippen LogP contribution in [0.15, 0.2) is 16.8 Å². The fourth-order valence-electron chi connectivity index (χ4n) is 1.50. The first-order chi connectivity index (χ1) is 7.60. The zero-order chi connectivity index (χ0) is 12.1. The Balaban J connectivity index is 2.84. The minimum Gasteiger partial charge on any atom is -0.463 e. The van der Waals surface area contributed by atoms with Crippen LogP contribution in [0.5, 0.6) is 0 Å². The average Bonchev–Trinajstić information content (AvgIpc) is 2.25. The van der Waals surface area contributed by atoms with E-state index in [1.807, 2.05) is 0 Å². The number of nitrogens with zero attached hydrogens (tertiary/aromatic N) is 3. The summed E-state index contributed by atoms with van der Waals surface area (Å²) < 4.78 is 4.76. The predicted octanol–water partition coefficient (Wildman–Crippen LogP) is 0.280. The Labute approximate surface area is 92.0 Å². The Morgan fingerprint density at radius 1 is 1.75 bits per heavy atom. The molecule has 0 heterocycles. The third-order valence-corrected chi connectivity index (χ3v) is 2.28. The van der Waals surface area contributed by atoms with Crippen molar-refractivity contribution in [2.24, 2.45) is 5.11 Å². The van der Waals surface area contributed by atoms with Crippen LogP contribution in [0.25, 0.3) is 10.4 Å². The number of hydrogen-bond donors (Lipinski definition) is 2. The summed E-state index contributed by atoms with van der Waals surface area (Å²) in [5.74, 6) is -0.563. The Morgan fingerprint density at radius 2 is 2.44 bits per heavy atom. The Bertz CT molecular complexity index is 349. The highest BCUT2D eigenvalue weighted by molar-refractivity contribution is 5.89. The van der Waals surface area contributed by atoms with Crippen LogP contribution in [0.4, 0.5) is 0 Å². The molecular formula is C9H13N3O4. The van der Waals surface area contributed by atoms with E-state index >= 15 is 0 Å². The van der Waals surface area contributed by atoms with Crippen molar-refractivity contribution < 1.29 is 19.7 Å². The van der Waals surface area contributed by atoms with Gasteiger partial charge in [-0.1, -0.05) is 5.11 Å². The zero-order valence-electron chi connectivity index (χ0n) is 8.78. The second-order valence-electron chi connectivity index (χ2n) is 3.37. The molecule has 0 spiro atoms. The molecule has 3 atom stereocenters.